The maximum atomic E-state index is 9.41. The Hall–Kier alpha value is -4.35. The minimum absolute atomic E-state index is 0.331. The summed E-state index contributed by atoms with van der Waals surface area (Å²) in [5.74, 6) is 2.88. The molecule has 0 radical (unpaired) electrons. The van der Waals surface area contributed by atoms with E-state index in [1.807, 2.05) is 44.3 Å². The van der Waals surface area contributed by atoms with Crippen LogP contribution in [0, 0.1) is 18.3 Å². The van der Waals surface area contributed by atoms with E-state index in [-0.39, 0.29) is 0 Å². The van der Waals surface area contributed by atoms with E-state index < -0.39 is 0 Å². The van der Waals surface area contributed by atoms with Crippen LogP contribution < -0.4 is 10.1 Å². The van der Waals surface area contributed by atoms with E-state index in [4.69, 9.17) is 19.1 Å². The molecule has 3 aromatic heterocycles. The van der Waals surface area contributed by atoms with Gasteiger partial charge in [0.05, 0.1) is 29.2 Å². The van der Waals surface area contributed by atoms with Crippen LogP contribution in [0.4, 0.5) is 5.69 Å². The van der Waals surface area contributed by atoms with Gasteiger partial charge >= 0.3 is 0 Å². The minimum Gasteiger partial charge on any atom is -0.473 e. The number of pyridine rings is 1. The van der Waals surface area contributed by atoms with Crippen LogP contribution in [0.3, 0.4) is 0 Å². The number of fused-ring (bicyclic) bond motifs is 2. The molecule has 0 bridgehead atoms. The number of nitrogens with zero attached hydrogens (tertiary/aromatic N) is 5. The standard InChI is InChI=1S/C31H32N6O2/c1-20-15-25-22(17-32)7-8-23(31(25)39-20)19-38-30-6-4-5-26(35-30)21-11-13-37(14-12-21)18-29-34-27-16-24(33-2)9-10-28(27)36(29)3/h4-10,15-16,21,33H,11-14,18-19H2,1-3H3. The first kappa shape index (κ1) is 25.0. The van der Waals surface area contributed by atoms with Gasteiger partial charge < -0.3 is 19.0 Å². The van der Waals surface area contributed by atoms with Crippen LogP contribution in [0.15, 0.2) is 59.0 Å². The van der Waals surface area contributed by atoms with Crippen LogP contribution >= 0.6 is 0 Å². The molecule has 1 fully saturated rings. The molecule has 0 spiro atoms. The molecule has 2 aromatic carbocycles. The third kappa shape index (κ3) is 4.93. The van der Waals surface area contributed by atoms with E-state index in [0.29, 0.717) is 29.6 Å². The smallest absolute Gasteiger partial charge is 0.213 e. The van der Waals surface area contributed by atoms with E-state index in [1.54, 1.807) is 0 Å². The predicted molar refractivity (Wildman–Crippen MR) is 152 cm³/mol. The van der Waals surface area contributed by atoms with Gasteiger partial charge in [0.15, 0.2) is 0 Å². The largest absolute Gasteiger partial charge is 0.473 e. The van der Waals surface area contributed by atoms with Crippen LogP contribution in [0.25, 0.3) is 22.0 Å². The summed E-state index contributed by atoms with van der Waals surface area (Å²) in [5, 5.41) is 13.4. The third-order valence-corrected chi connectivity index (χ3v) is 7.76. The number of furan rings is 1. The highest BCUT2D eigenvalue weighted by Gasteiger charge is 2.23. The lowest BCUT2D eigenvalue weighted by Crippen LogP contribution is -2.33. The molecule has 0 unspecified atom stereocenters. The summed E-state index contributed by atoms with van der Waals surface area (Å²) in [6.07, 6.45) is 2.10. The Balaban J connectivity index is 1.09. The Kier molecular flexibility index (Phi) is 6.67. The normalized spacial score (nSPS) is 14.6. The van der Waals surface area contributed by atoms with Crippen molar-refractivity contribution in [2.75, 3.05) is 25.5 Å². The summed E-state index contributed by atoms with van der Waals surface area (Å²) >= 11 is 0. The molecule has 5 aromatic rings. The Labute approximate surface area is 227 Å². The molecule has 0 atom stereocenters. The summed E-state index contributed by atoms with van der Waals surface area (Å²) in [5.41, 5.74) is 6.56. The molecule has 39 heavy (non-hydrogen) atoms. The number of aromatic nitrogens is 3. The molecule has 0 aliphatic carbocycles. The van der Waals surface area contributed by atoms with Crippen molar-refractivity contribution in [3.63, 3.8) is 0 Å². The van der Waals surface area contributed by atoms with Gasteiger partial charge in [0.1, 0.15) is 23.8 Å². The van der Waals surface area contributed by atoms with E-state index in [0.717, 1.165) is 77.4 Å². The zero-order valence-electron chi connectivity index (χ0n) is 22.6. The molecular formula is C31H32N6O2. The highest BCUT2D eigenvalue weighted by atomic mass is 16.5. The zero-order valence-corrected chi connectivity index (χ0v) is 22.6. The number of hydrogen-bond acceptors (Lipinski definition) is 7. The Bertz CT molecular complexity index is 1690. The molecule has 8 nitrogen and oxygen atoms in total. The zero-order chi connectivity index (χ0) is 26.9. The molecule has 0 amide bonds. The van der Waals surface area contributed by atoms with E-state index in [2.05, 4.69) is 52.2 Å². The van der Waals surface area contributed by atoms with Crippen molar-refractivity contribution in [2.24, 2.45) is 7.05 Å². The molecule has 6 rings (SSSR count). The van der Waals surface area contributed by atoms with E-state index in [9.17, 15) is 5.26 Å². The molecule has 1 N–H and O–H groups in total. The number of imidazole rings is 1. The number of aryl methyl sites for hydroxylation is 2. The van der Waals surface area contributed by atoms with Crippen LogP contribution in [-0.4, -0.2) is 39.6 Å². The lowest BCUT2D eigenvalue weighted by molar-refractivity contribution is 0.197. The van der Waals surface area contributed by atoms with Gasteiger partial charge in [0.25, 0.3) is 0 Å². The fourth-order valence-electron chi connectivity index (χ4n) is 5.54. The fraction of sp³-hybridized carbons (Fsp3) is 0.323. The lowest BCUT2D eigenvalue weighted by atomic mass is 9.93. The van der Waals surface area contributed by atoms with Gasteiger partial charge in [-0.05, 0) is 69.3 Å². The molecule has 1 aliphatic rings. The number of likely N-dealkylation sites (tertiary alicyclic amines) is 1. The maximum absolute atomic E-state index is 9.41. The summed E-state index contributed by atoms with van der Waals surface area (Å²) in [6, 6.07) is 20.2. The van der Waals surface area contributed by atoms with E-state index >= 15 is 0 Å². The number of benzene rings is 2. The fourth-order valence-corrected chi connectivity index (χ4v) is 5.54. The first-order valence-corrected chi connectivity index (χ1v) is 13.4. The third-order valence-electron chi connectivity index (χ3n) is 7.76. The van der Waals surface area contributed by atoms with Crippen molar-refractivity contribution in [1.29, 1.82) is 5.26 Å². The van der Waals surface area contributed by atoms with Crippen LogP contribution in [-0.2, 0) is 20.2 Å². The summed E-state index contributed by atoms with van der Waals surface area (Å²) < 4.78 is 14.2. The molecule has 1 aliphatic heterocycles. The molecule has 198 valence electrons. The number of anilines is 1. The highest BCUT2D eigenvalue weighted by molar-refractivity contribution is 5.87. The quantitative estimate of drug-likeness (QED) is 0.286. The van der Waals surface area contributed by atoms with Crippen LogP contribution in [0.2, 0.25) is 0 Å². The Morgan fingerprint density at radius 2 is 1.95 bits per heavy atom. The molecule has 4 heterocycles. The van der Waals surface area contributed by atoms with Crippen LogP contribution in [0.1, 0.15) is 47.2 Å². The van der Waals surface area contributed by atoms with Crippen molar-refractivity contribution in [3.8, 4) is 11.9 Å². The second-order valence-electron chi connectivity index (χ2n) is 10.3. The molecule has 1 saturated heterocycles. The Morgan fingerprint density at radius 1 is 1.10 bits per heavy atom. The van der Waals surface area contributed by atoms with Gasteiger partial charge in [0.2, 0.25) is 5.88 Å². The first-order chi connectivity index (χ1) is 19.0. The molecular weight excluding hydrogens is 488 g/mol. The summed E-state index contributed by atoms with van der Waals surface area (Å²) in [4.78, 5) is 12.2. The van der Waals surface area contributed by atoms with Gasteiger partial charge in [-0.3, -0.25) is 4.90 Å². The molecule has 0 saturated carbocycles. The number of piperidine rings is 1. The SMILES string of the molecule is CNc1ccc2c(c1)nc(CN1CCC(c3cccc(OCc4ccc(C#N)c5cc(C)oc45)n3)CC1)n2C. The summed E-state index contributed by atoms with van der Waals surface area (Å²) in [7, 11) is 4.03. The number of ether oxygens (including phenoxy) is 1. The monoisotopic (exact) mass is 520 g/mol. The van der Waals surface area contributed by atoms with Crippen molar-refractivity contribution < 1.29 is 9.15 Å². The first-order valence-electron chi connectivity index (χ1n) is 13.4. The topological polar surface area (TPSA) is 92.1 Å². The predicted octanol–water partition coefficient (Wildman–Crippen LogP) is 5.89. The number of nitriles is 1. The van der Waals surface area contributed by atoms with E-state index in [1.165, 1.54) is 0 Å². The molecule has 8 heteroatoms. The lowest BCUT2D eigenvalue weighted by Gasteiger charge is -2.31. The van der Waals surface area contributed by atoms with Gasteiger partial charge in [-0.25, -0.2) is 9.97 Å². The number of nitrogens with one attached hydrogen (secondary N) is 1. The number of rotatable bonds is 7. The van der Waals surface area contributed by atoms with Gasteiger partial charge in [-0.1, -0.05) is 12.1 Å². The van der Waals surface area contributed by atoms with Crippen molar-refractivity contribution in [1.82, 2.24) is 19.4 Å². The second-order valence-corrected chi connectivity index (χ2v) is 10.3. The maximum Gasteiger partial charge on any atom is 0.213 e. The summed E-state index contributed by atoms with van der Waals surface area (Å²) in [6.45, 7) is 5.07. The Morgan fingerprint density at radius 3 is 2.74 bits per heavy atom. The van der Waals surface area contributed by atoms with Gasteiger partial charge in [-0.15, -0.1) is 0 Å². The second kappa shape index (κ2) is 10.4. The van der Waals surface area contributed by atoms with Crippen LogP contribution in [0.5, 0.6) is 5.88 Å². The van der Waals surface area contributed by atoms with Gasteiger partial charge in [-0.2, -0.15) is 5.26 Å². The van der Waals surface area contributed by atoms with Crippen molar-refractivity contribution >= 4 is 27.7 Å². The van der Waals surface area contributed by atoms with Crippen molar-refractivity contribution in [2.45, 2.75) is 38.8 Å². The average Bonchev–Trinajstić information content (AvgIpc) is 3.51. The highest BCUT2D eigenvalue weighted by Crippen LogP contribution is 2.30. The van der Waals surface area contributed by atoms with Crippen molar-refractivity contribution in [3.05, 3.63) is 83.0 Å². The average molecular weight is 521 g/mol. The van der Waals surface area contributed by atoms with Gasteiger partial charge in [0, 0.05) is 48.4 Å². The number of hydrogen-bond donors (Lipinski definition) is 1. The minimum atomic E-state index is 0.331.